The Morgan fingerprint density at radius 3 is 1.96 bits per heavy atom. The van der Waals surface area contributed by atoms with Crippen LogP contribution in [0.2, 0.25) is 0 Å². The molecule has 3 rings (SSSR count). The van der Waals surface area contributed by atoms with Crippen LogP contribution < -0.4 is 5.72 Å². The first-order valence-electron chi connectivity index (χ1n) is 7.55. The van der Waals surface area contributed by atoms with E-state index in [1.165, 1.54) is 12.4 Å². The first-order chi connectivity index (χ1) is 11.5. The molecule has 1 heterocycles. The highest BCUT2D eigenvalue weighted by atomic mass is 19.4. The first-order valence-corrected chi connectivity index (χ1v) is 7.55. The summed E-state index contributed by atoms with van der Waals surface area (Å²) in [6.07, 6.45) is -1.53. The lowest BCUT2D eigenvalue weighted by Crippen LogP contribution is -2.34. The summed E-state index contributed by atoms with van der Waals surface area (Å²) in [6.45, 7) is -1.05. The number of nitrogens with zero attached hydrogens (tertiary/aromatic N) is 2. The lowest BCUT2D eigenvalue weighted by molar-refractivity contribution is -0.140. The lowest BCUT2D eigenvalue weighted by atomic mass is 9.58. The topological polar surface area (TPSA) is 17.8 Å². The molecule has 1 aromatic heterocycles. The average molecular weight is 327 g/mol. The van der Waals surface area contributed by atoms with Gasteiger partial charge in [-0.2, -0.15) is 13.2 Å². The Hall–Kier alpha value is -2.50. The maximum atomic E-state index is 12.7. The summed E-state index contributed by atoms with van der Waals surface area (Å²) in [6, 6.07) is 19.4. The zero-order valence-electron chi connectivity index (χ0n) is 12.8. The molecule has 0 fully saturated rings. The van der Waals surface area contributed by atoms with E-state index >= 15 is 0 Å². The minimum absolute atomic E-state index is 0.165. The molecule has 0 unspecified atom stereocenters. The largest absolute Gasteiger partial charge is 0.406 e. The van der Waals surface area contributed by atoms with E-state index in [1.807, 2.05) is 60.7 Å². The van der Waals surface area contributed by atoms with Crippen molar-refractivity contribution in [3.05, 3.63) is 84.2 Å². The monoisotopic (exact) mass is 327 g/mol. The average Bonchev–Trinajstić information content (AvgIpc) is 2.99. The molecular weight excluding hydrogens is 312 g/mol. The molecule has 0 N–H and O–H groups in total. The SMILES string of the molecule is FC(F)(F)Cn1ccnc1[B]C(c1ccccc1)c1ccccc1. The van der Waals surface area contributed by atoms with Crippen molar-refractivity contribution >= 4 is 13.0 Å². The molecule has 121 valence electrons. The standard InChI is InChI=1S/C18H15BF3N2/c20-18(21,22)13-24-12-11-23-17(24)19-16(14-7-3-1-4-8-14)15-9-5-2-6-10-15/h1-12,16H,13H2. The summed E-state index contributed by atoms with van der Waals surface area (Å²) in [7, 11) is 1.77. The van der Waals surface area contributed by atoms with Crippen molar-refractivity contribution in [3.63, 3.8) is 0 Å². The third kappa shape index (κ3) is 4.07. The molecule has 0 saturated carbocycles. The third-order valence-electron chi connectivity index (χ3n) is 3.73. The number of hydrogen-bond acceptors (Lipinski definition) is 1. The highest BCUT2D eigenvalue weighted by Gasteiger charge is 2.29. The Morgan fingerprint density at radius 1 is 0.917 bits per heavy atom. The highest BCUT2D eigenvalue weighted by Crippen LogP contribution is 2.23. The van der Waals surface area contributed by atoms with Crippen LogP contribution in [-0.4, -0.2) is 23.0 Å². The van der Waals surface area contributed by atoms with Crippen LogP contribution in [0.1, 0.15) is 16.9 Å². The number of alkyl halides is 3. The molecule has 0 saturated heterocycles. The Bertz CT molecular complexity index is 730. The van der Waals surface area contributed by atoms with Crippen LogP contribution in [0.3, 0.4) is 0 Å². The van der Waals surface area contributed by atoms with Crippen LogP contribution >= 0.6 is 0 Å². The van der Waals surface area contributed by atoms with E-state index in [2.05, 4.69) is 4.98 Å². The van der Waals surface area contributed by atoms with Gasteiger partial charge in [0.2, 0.25) is 7.28 Å². The van der Waals surface area contributed by atoms with Gasteiger partial charge in [0.1, 0.15) is 6.54 Å². The summed E-state index contributed by atoms with van der Waals surface area (Å²) >= 11 is 0. The minimum Gasteiger partial charge on any atom is -0.334 e. The summed E-state index contributed by atoms with van der Waals surface area (Å²) in [5.41, 5.74) is 2.32. The molecule has 0 aliphatic rings. The minimum atomic E-state index is -4.28. The van der Waals surface area contributed by atoms with E-state index in [0.29, 0.717) is 5.72 Å². The van der Waals surface area contributed by atoms with Crippen LogP contribution in [0.5, 0.6) is 0 Å². The first kappa shape index (κ1) is 16.4. The maximum Gasteiger partial charge on any atom is 0.406 e. The van der Waals surface area contributed by atoms with Gasteiger partial charge in [-0.3, -0.25) is 4.98 Å². The Labute approximate surface area is 139 Å². The molecule has 0 spiro atoms. The number of rotatable bonds is 5. The molecule has 3 aromatic rings. The van der Waals surface area contributed by atoms with Crippen molar-refractivity contribution in [1.29, 1.82) is 0 Å². The predicted molar refractivity (Wildman–Crippen MR) is 88.4 cm³/mol. The molecule has 1 radical (unpaired) electrons. The predicted octanol–water partition coefficient (Wildman–Crippen LogP) is 3.56. The van der Waals surface area contributed by atoms with Crippen molar-refractivity contribution in [2.24, 2.45) is 0 Å². The Kier molecular flexibility index (Phi) is 4.74. The van der Waals surface area contributed by atoms with Gasteiger partial charge in [0, 0.05) is 12.4 Å². The van der Waals surface area contributed by atoms with Gasteiger partial charge in [-0.15, -0.1) is 0 Å². The van der Waals surface area contributed by atoms with E-state index < -0.39 is 12.7 Å². The van der Waals surface area contributed by atoms with Gasteiger partial charge >= 0.3 is 6.18 Å². The van der Waals surface area contributed by atoms with Gasteiger partial charge in [0.25, 0.3) is 0 Å². The van der Waals surface area contributed by atoms with E-state index in [1.54, 1.807) is 7.28 Å². The van der Waals surface area contributed by atoms with Crippen molar-refractivity contribution in [3.8, 4) is 0 Å². The fraction of sp³-hybridized carbons (Fsp3) is 0.167. The van der Waals surface area contributed by atoms with E-state index in [0.717, 1.165) is 15.7 Å². The molecule has 6 heteroatoms. The van der Waals surface area contributed by atoms with Crippen LogP contribution in [0, 0.1) is 0 Å². The fourth-order valence-corrected chi connectivity index (χ4v) is 2.66. The maximum absolute atomic E-state index is 12.7. The van der Waals surface area contributed by atoms with Crippen molar-refractivity contribution in [2.45, 2.75) is 18.5 Å². The van der Waals surface area contributed by atoms with Crippen LogP contribution in [-0.2, 0) is 6.54 Å². The summed E-state index contributed by atoms with van der Waals surface area (Å²) < 4.78 is 39.3. The van der Waals surface area contributed by atoms with Crippen molar-refractivity contribution in [2.75, 3.05) is 0 Å². The van der Waals surface area contributed by atoms with Gasteiger partial charge in [-0.05, 0) is 16.9 Å². The Morgan fingerprint density at radius 2 is 1.46 bits per heavy atom. The smallest absolute Gasteiger partial charge is 0.334 e. The van der Waals surface area contributed by atoms with Crippen molar-refractivity contribution in [1.82, 2.24) is 9.55 Å². The number of aromatic nitrogens is 2. The molecule has 0 bridgehead atoms. The van der Waals surface area contributed by atoms with Crippen molar-refractivity contribution < 1.29 is 13.2 Å². The zero-order chi connectivity index (χ0) is 17.0. The molecular formula is C18H15BF3N2. The van der Waals surface area contributed by atoms with Gasteiger partial charge in [-0.25, -0.2) is 0 Å². The molecule has 2 aromatic carbocycles. The number of benzene rings is 2. The highest BCUT2D eigenvalue weighted by molar-refractivity contribution is 6.54. The molecule has 0 amide bonds. The van der Waals surface area contributed by atoms with Gasteiger partial charge in [0.15, 0.2) is 0 Å². The quantitative estimate of drug-likeness (QED) is 0.655. The number of hydrogen-bond donors (Lipinski definition) is 0. The van der Waals surface area contributed by atoms with Crippen LogP contribution in [0.25, 0.3) is 0 Å². The summed E-state index contributed by atoms with van der Waals surface area (Å²) in [5, 5.41) is 0. The molecule has 24 heavy (non-hydrogen) atoms. The zero-order valence-corrected chi connectivity index (χ0v) is 12.8. The van der Waals surface area contributed by atoms with E-state index in [4.69, 9.17) is 0 Å². The Balaban J connectivity index is 1.93. The molecule has 0 aliphatic carbocycles. The normalized spacial score (nSPS) is 11.7. The van der Waals surface area contributed by atoms with Gasteiger partial charge < -0.3 is 4.57 Å². The summed E-state index contributed by atoms with van der Waals surface area (Å²) in [4.78, 5) is 4.10. The van der Waals surface area contributed by atoms with Crippen LogP contribution in [0.4, 0.5) is 13.2 Å². The lowest BCUT2D eigenvalue weighted by Gasteiger charge is -2.18. The summed E-state index contributed by atoms with van der Waals surface area (Å²) in [5.74, 6) is -0.165. The number of halogens is 3. The molecule has 0 atom stereocenters. The second-order valence-electron chi connectivity index (χ2n) is 5.49. The third-order valence-corrected chi connectivity index (χ3v) is 3.73. The molecule has 0 aliphatic heterocycles. The fourth-order valence-electron chi connectivity index (χ4n) is 2.66. The van der Waals surface area contributed by atoms with Gasteiger partial charge in [0.05, 0.1) is 5.72 Å². The van der Waals surface area contributed by atoms with E-state index in [9.17, 15) is 13.2 Å². The van der Waals surface area contributed by atoms with E-state index in [-0.39, 0.29) is 5.82 Å². The van der Waals surface area contributed by atoms with Crippen LogP contribution in [0.15, 0.2) is 73.1 Å². The number of imidazole rings is 1. The second-order valence-corrected chi connectivity index (χ2v) is 5.49. The second kappa shape index (κ2) is 6.95. The molecule has 2 nitrogen and oxygen atoms in total. The van der Waals surface area contributed by atoms with Gasteiger partial charge in [-0.1, -0.05) is 60.7 Å².